The molecule has 1 fully saturated rings. The highest BCUT2D eigenvalue weighted by Crippen LogP contribution is 2.18. The van der Waals surface area contributed by atoms with E-state index in [1.807, 2.05) is 53.0 Å². The van der Waals surface area contributed by atoms with Gasteiger partial charge in [-0.25, -0.2) is 4.98 Å². The Morgan fingerprint density at radius 2 is 1.72 bits per heavy atom. The molecule has 0 atom stereocenters. The number of hydrogen-bond acceptors (Lipinski definition) is 6. The van der Waals surface area contributed by atoms with Gasteiger partial charge in [-0.2, -0.15) is 0 Å². The molecule has 4 heterocycles. The van der Waals surface area contributed by atoms with Crippen molar-refractivity contribution in [3.63, 3.8) is 0 Å². The molecule has 0 aliphatic carbocycles. The van der Waals surface area contributed by atoms with Gasteiger partial charge in [0.05, 0.1) is 11.2 Å². The molecular weight excluding hydrogens is 336 g/mol. The van der Waals surface area contributed by atoms with Crippen LogP contribution in [0.5, 0.6) is 0 Å². The maximum absolute atomic E-state index is 12.5. The minimum atomic E-state index is 0.0775. The zero-order valence-electron chi connectivity index (χ0n) is 13.9. The van der Waals surface area contributed by atoms with E-state index in [4.69, 9.17) is 0 Å². The molecule has 1 aliphatic heterocycles. The second-order valence-electron chi connectivity index (χ2n) is 5.89. The molecular formula is C17H18N6OS. The van der Waals surface area contributed by atoms with Crippen LogP contribution in [0.4, 0.5) is 5.82 Å². The van der Waals surface area contributed by atoms with Crippen molar-refractivity contribution in [3.05, 3.63) is 52.7 Å². The molecule has 0 saturated carbocycles. The average molecular weight is 354 g/mol. The van der Waals surface area contributed by atoms with Gasteiger partial charge in [0.1, 0.15) is 4.88 Å². The molecule has 0 N–H and O–H groups in total. The highest BCUT2D eigenvalue weighted by atomic mass is 32.1. The van der Waals surface area contributed by atoms with Gasteiger partial charge in [-0.15, -0.1) is 21.5 Å². The third kappa shape index (κ3) is 3.12. The predicted molar refractivity (Wildman–Crippen MR) is 96.3 cm³/mol. The Kier molecular flexibility index (Phi) is 4.19. The first-order chi connectivity index (χ1) is 12.2. The highest BCUT2D eigenvalue weighted by Gasteiger charge is 2.25. The van der Waals surface area contributed by atoms with E-state index in [0.29, 0.717) is 13.1 Å². The van der Waals surface area contributed by atoms with Gasteiger partial charge >= 0.3 is 0 Å². The summed E-state index contributed by atoms with van der Waals surface area (Å²) in [5.41, 5.74) is 2.53. The second-order valence-corrected chi connectivity index (χ2v) is 6.74. The lowest BCUT2D eigenvalue weighted by molar-refractivity contribution is 0.0750. The first-order valence-electron chi connectivity index (χ1n) is 8.14. The zero-order valence-corrected chi connectivity index (χ0v) is 14.7. The van der Waals surface area contributed by atoms with Crippen molar-refractivity contribution in [2.75, 3.05) is 31.1 Å². The first-order valence-corrected chi connectivity index (χ1v) is 9.02. The van der Waals surface area contributed by atoms with Gasteiger partial charge < -0.3 is 14.4 Å². The number of carbonyl (C=O) groups excluding carboxylic acids is 1. The molecule has 0 bridgehead atoms. The van der Waals surface area contributed by atoms with E-state index in [1.54, 1.807) is 5.51 Å². The molecule has 3 aromatic heterocycles. The molecule has 1 amide bonds. The molecule has 25 heavy (non-hydrogen) atoms. The molecule has 8 heteroatoms. The van der Waals surface area contributed by atoms with Gasteiger partial charge in [-0.1, -0.05) is 0 Å². The summed E-state index contributed by atoms with van der Waals surface area (Å²) >= 11 is 1.41. The van der Waals surface area contributed by atoms with Crippen LogP contribution >= 0.6 is 11.3 Å². The molecule has 0 unspecified atom stereocenters. The van der Waals surface area contributed by atoms with E-state index in [9.17, 15) is 4.79 Å². The number of nitrogens with zero attached hydrogens (tertiary/aromatic N) is 6. The summed E-state index contributed by atoms with van der Waals surface area (Å²) in [7, 11) is 0. The van der Waals surface area contributed by atoms with Crippen LogP contribution in [0.2, 0.25) is 0 Å². The number of rotatable bonds is 3. The number of hydrogen-bond donors (Lipinski definition) is 0. The fraction of sp³-hybridized carbons (Fsp3) is 0.294. The Balaban J connectivity index is 1.40. The molecule has 0 aromatic carbocycles. The minimum absolute atomic E-state index is 0.0775. The van der Waals surface area contributed by atoms with Gasteiger partial charge in [0.15, 0.2) is 11.6 Å². The van der Waals surface area contributed by atoms with Crippen molar-refractivity contribution < 1.29 is 4.79 Å². The van der Waals surface area contributed by atoms with Crippen LogP contribution in [-0.4, -0.2) is 56.7 Å². The van der Waals surface area contributed by atoms with E-state index in [2.05, 4.69) is 20.1 Å². The first kappa shape index (κ1) is 15.8. The lowest BCUT2D eigenvalue weighted by Crippen LogP contribution is -2.49. The summed E-state index contributed by atoms with van der Waals surface area (Å²) in [5, 5.41) is 8.62. The summed E-state index contributed by atoms with van der Waals surface area (Å²) in [4.78, 5) is 21.5. The Morgan fingerprint density at radius 3 is 2.32 bits per heavy atom. The number of anilines is 1. The summed E-state index contributed by atoms with van der Waals surface area (Å²) in [6, 6.07) is 7.85. The van der Waals surface area contributed by atoms with Crippen LogP contribution in [0.3, 0.4) is 0 Å². The predicted octanol–water partition coefficient (Wildman–Crippen LogP) is 1.99. The quantitative estimate of drug-likeness (QED) is 0.720. The molecule has 0 radical (unpaired) electrons. The fourth-order valence-corrected chi connectivity index (χ4v) is 3.67. The monoisotopic (exact) mass is 354 g/mol. The van der Waals surface area contributed by atoms with E-state index in [0.717, 1.165) is 35.3 Å². The third-order valence-electron chi connectivity index (χ3n) is 4.34. The number of piperazine rings is 1. The summed E-state index contributed by atoms with van der Waals surface area (Å²) < 4.78 is 1.92. The SMILES string of the molecule is Cc1ncsc1C(=O)N1CCN(c2ccc(-n3cccc3)nn2)CC1. The van der Waals surface area contributed by atoms with E-state index in [-0.39, 0.29) is 5.91 Å². The molecule has 0 spiro atoms. The van der Waals surface area contributed by atoms with Crippen molar-refractivity contribution in [2.45, 2.75) is 6.92 Å². The van der Waals surface area contributed by atoms with Gasteiger partial charge in [0.2, 0.25) is 0 Å². The van der Waals surface area contributed by atoms with Crippen LogP contribution < -0.4 is 4.90 Å². The smallest absolute Gasteiger partial charge is 0.265 e. The van der Waals surface area contributed by atoms with Crippen LogP contribution in [0.1, 0.15) is 15.4 Å². The minimum Gasteiger partial charge on any atom is -0.352 e. The Hall–Kier alpha value is -2.74. The second kappa shape index (κ2) is 6.64. The molecule has 1 saturated heterocycles. The van der Waals surface area contributed by atoms with Gasteiger partial charge in [-0.3, -0.25) is 4.79 Å². The van der Waals surface area contributed by atoms with E-state index >= 15 is 0 Å². The van der Waals surface area contributed by atoms with Crippen LogP contribution in [0.15, 0.2) is 42.2 Å². The molecule has 128 valence electrons. The Labute approximate surface area is 149 Å². The Morgan fingerprint density at radius 1 is 1.04 bits per heavy atom. The van der Waals surface area contributed by atoms with Crippen molar-refractivity contribution in [1.29, 1.82) is 0 Å². The maximum Gasteiger partial charge on any atom is 0.265 e. The lowest BCUT2D eigenvalue weighted by atomic mass is 10.2. The standard InChI is InChI=1S/C17H18N6OS/c1-13-16(25-12-18-13)17(24)23-10-8-22(9-11-23)15-5-4-14(19-20-15)21-6-2-3-7-21/h2-7,12H,8-11H2,1H3. The largest absolute Gasteiger partial charge is 0.352 e. The number of amides is 1. The van der Waals surface area contributed by atoms with Crippen molar-refractivity contribution >= 4 is 23.1 Å². The number of aryl methyl sites for hydroxylation is 1. The zero-order chi connectivity index (χ0) is 17.2. The van der Waals surface area contributed by atoms with Gasteiger partial charge in [-0.05, 0) is 31.2 Å². The maximum atomic E-state index is 12.5. The topological polar surface area (TPSA) is 67.2 Å². The van der Waals surface area contributed by atoms with Crippen molar-refractivity contribution in [1.82, 2.24) is 24.6 Å². The van der Waals surface area contributed by atoms with Gasteiger partial charge in [0, 0.05) is 38.6 Å². The van der Waals surface area contributed by atoms with Gasteiger partial charge in [0.25, 0.3) is 5.91 Å². The number of thiazole rings is 1. The molecule has 4 rings (SSSR count). The normalized spacial score (nSPS) is 14.8. The van der Waals surface area contributed by atoms with E-state index < -0.39 is 0 Å². The van der Waals surface area contributed by atoms with Crippen molar-refractivity contribution in [2.24, 2.45) is 0 Å². The summed E-state index contributed by atoms with van der Waals surface area (Å²) in [6.45, 7) is 4.73. The lowest BCUT2D eigenvalue weighted by Gasteiger charge is -2.35. The third-order valence-corrected chi connectivity index (χ3v) is 5.25. The highest BCUT2D eigenvalue weighted by molar-refractivity contribution is 7.11. The molecule has 3 aromatic rings. The summed E-state index contributed by atoms with van der Waals surface area (Å²) in [6.07, 6.45) is 3.88. The van der Waals surface area contributed by atoms with E-state index in [1.165, 1.54) is 11.3 Å². The summed E-state index contributed by atoms with van der Waals surface area (Å²) in [5.74, 6) is 1.72. The molecule has 1 aliphatic rings. The van der Waals surface area contributed by atoms with Crippen molar-refractivity contribution in [3.8, 4) is 5.82 Å². The van der Waals surface area contributed by atoms with Crippen LogP contribution in [0, 0.1) is 6.92 Å². The van der Waals surface area contributed by atoms with Crippen LogP contribution in [0.25, 0.3) is 5.82 Å². The Bertz CT molecular complexity index is 850. The average Bonchev–Trinajstić information content (AvgIpc) is 3.33. The number of carbonyl (C=O) groups is 1. The fourth-order valence-electron chi connectivity index (χ4n) is 2.90. The number of aromatic nitrogens is 4. The molecule has 7 nitrogen and oxygen atoms in total. The van der Waals surface area contributed by atoms with Crippen LogP contribution in [-0.2, 0) is 0 Å².